The van der Waals surface area contributed by atoms with Gasteiger partial charge >= 0.3 is 0 Å². The van der Waals surface area contributed by atoms with Gasteiger partial charge in [-0.2, -0.15) is 0 Å². The summed E-state index contributed by atoms with van der Waals surface area (Å²) in [4.78, 5) is 23.9. The number of carbonyl (C=O) groups is 2. The molecule has 1 amide bonds. The SMILES string of the molecule is CC#CCC1=C(NC(=O)CC)C(=O)c2ccccc21. The summed E-state index contributed by atoms with van der Waals surface area (Å²) in [5, 5.41) is 2.71. The van der Waals surface area contributed by atoms with Crippen molar-refractivity contribution in [1.82, 2.24) is 5.32 Å². The lowest BCUT2D eigenvalue weighted by Crippen LogP contribution is -2.25. The Labute approximate surface area is 112 Å². The zero-order valence-electron chi connectivity index (χ0n) is 11.0. The van der Waals surface area contributed by atoms with Crippen molar-refractivity contribution in [1.29, 1.82) is 0 Å². The number of hydrogen-bond donors (Lipinski definition) is 1. The third-order valence-electron chi connectivity index (χ3n) is 3.05. The molecule has 0 unspecified atom stereocenters. The van der Waals surface area contributed by atoms with Crippen LogP contribution in [0.5, 0.6) is 0 Å². The summed E-state index contributed by atoms with van der Waals surface area (Å²) >= 11 is 0. The van der Waals surface area contributed by atoms with Crippen LogP contribution in [-0.4, -0.2) is 11.7 Å². The standard InChI is InChI=1S/C16H15NO2/c1-3-5-8-12-11-9-6-7-10-13(11)16(19)15(12)17-14(18)4-2/h6-7,9-10H,4,8H2,1-2H3,(H,17,18,19). The number of benzene rings is 1. The molecule has 1 N–H and O–H groups in total. The second-order valence-corrected chi connectivity index (χ2v) is 4.23. The molecular weight excluding hydrogens is 238 g/mol. The van der Waals surface area contributed by atoms with Crippen LogP contribution in [0.25, 0.3) is 5.57 Å². The van der Waals surface area contributed by atoms with Gasteiger partial charge in [0.1, 0.15) is 0 Å². The van der Waals surface area contributed by atoms with Crippen molar-refractivity contribution in [3.63, 3.8) is 0 Å². The molecule has 0 bridgehead atoms. The average molecular weight is 253 g/mol. The van der Waals surface area contributed by atoms with Crippen molar-refractivity contribution in [2.45, 2.75) is 26.7 Å². The maximum Gasteiger partial charge on any atom is 0.224 e. The van der Waals surface area contributed by atoms with Crippen LogP contribution in [0.1, 0.15) is 42.6 Å². The summed E-state index contributed by atoms with van der Waals surface area (Å²) in [7, 11) is 0. The Morgan fingerprint density at radius 3 is 2.58 bits per heavy atom. The molecule has 0 spiro atoms. The number of Topliss-reactive ketones (excluding diaryl/α,β-unsaturated/α-hetero) is 1. The summed E-state index contributed by atoms with van der Waals surface area (Å²) in [6.45, 7) is 3.52. The van der Waals surface area contributed by atoms with Crippen LogP contribution in [0.4, 0.5) is 0 Å². The second kappa shape index (κ2) is 5.53. The lowest BCUT2D eigenvalue weighted by atomic mass is 10.0. The fourth-order valence-electron chi connectivity index (χ4n) is 2.07. The Morgan fingerprint density at radius 2 is 1.95 bits per heavy atom. The van der Waals surface area contributed by atoms with E-state index in [-0.39, 0.29) is 11.7 Å². The number of rotatable bonds is 3. The van der Waals surface area contributed by atoms with E-state index in [2.05, 4.69) is 17.2 Å². The van der Waals surface area contributed by atoms with E-state index in [1.165, 1.54) is 0 Å². The van der Waals surface area contributed by atoms with Crippen molar-refractivity contribution in [3.8, 4) is 11.8 Å². The zero-order chi connectivity index (χ0) is 13.8. The first-order valence-electron chi connectivity index (χ1n) is 6.25. The Morgan fingerprint density at radius 1 is 1.26 bits per heavy atom. The molecule has 19 heavy (non-hydrogen) atoms. The average Bonchev–Trinajstić information content (AvgIpc) is 2.70. The smallest absolute Gasteiger partial charge is 0.224 e. The van der Waals surface area contributed by atoms with Crippen molar-refractivity contribution in [2.24, 2.45) is 0 Å². The first kappa shape index (κ1) is 13.1. The second-order valence-electron chi connectivity index (χ2n) is 4.23. The number of ketones is 1. The van der Waals surface area contributed by atoms with E-state index in [0.29, 0.717) is 24.1 Å². The van der Waals surface area contributed by atoms with E-state index >= 15 is 0 Å². The van der Waals surface area contributed by atoms with Crippen LogP contribution in [0.15, 0.2) is 30.0 Å². The first-order chi connectivity index (χ1) is 9.19. The Balaban J connectivity index is 2.47. The zero-order valence-corrected chi connectivity index (χ0v) is 11.0. The molecule has 1 aliphatic carbocycles. The number of allylic oxidation sites excluding steroid dienone is 2. The molecule has 3 heteroatoms. The maximum atomic E-state index is 12.3. The first-order valence-corrected chi connectivity index (χ1v) is 6.25. The molecular formula is C16H15NO2. The largest absolute Gasteiger partial charge is 0.323 e. The van der Waals surface area contributed by atoms with Crippen LogP contribution >= 0.6 is 0 Å². The predicted molar refractivity (Wildman–Crippen MR) is 74.2 cm³/mol. The maximum absolute atomic E-state index is 12.3. The van der Waals surface area contributed by atoms with Crippen molar-refractivity contribution in [2.75, 3.05) is 0 Å². The van der Waals surface area contributed by atoms with E-state index in [1.807, 2.05) is 18.2 Å². The van der Waals surface area contributed by atoms with Gasteiger partial charge in [0.25, 0.3) is 0 Å². The van der Waals surface area contributed by atoms with E-state index in [4.69, 9.17) is 0 Å². The molecule has 0 saturated carbocycles. The monoisotopic (exact) mass is 253 g/mol. The van der Waals surface area contributed by atoms with Crippen molar-refractivity contribution >= 4 is 17.3 Å². The van der Waals surface area contributed by atoms with Gasteiger partial charge in [-0.3, -0.25) is 9.59 Å². The van der Waals surface area contributed by atoms with Gasteiger partial charge in [0.05, 0.1) is 5.70 Å². The molecule has 0 fully saturated rings. The highest BCUT2D eigenvalue weighted by atomic mass is 16.2. The number of fused-ring (bicyclic) bond motifs is 1. The van der Waals surface area contributed by atoms with E-state index in [9.17, 15) is 9.59 Å². The molecule has 0 heterocycles. The minimum Gasteiger partial charge on any atom is -0.323 e. The fraction of sp³-hybridized carbons (Fsp3) is 0.250. The molecule has 3 nitrogen and oxygen atoms in total. The summed E-state index contributed by atoms with van der Waals surface area (Å²) < 4.78 is 0. The van der Waals surface area contributed by atoms with Crippen LogP contribution in [0.2, 0.25) is 0 Å². The van der Waals surface area contributed by atoms with Gasteiger partial charge in [-0.1, -0.05) is 37.1 Å². The summed E-state index contributed by atoms with van der Waals surface area (Å²) in [5.41, 5.74) is 2.72. The Hall–Kier alpha value is -2.34. The lowest BCUT2D eigenvalue weighted by molar-refractivity contribution is -0.120. The molecule has 0 saturated heterocycles. The van der Waals surface area contributed by atoms with Crippen LogP contribution < -0.4 is 5.32 Å². The highest BCUT2D eigenvalue weighted by Gasteiger charge is 2.29. The number of nitrogens with one attached hydrogen (secondary N) is 1. The molecule has 1 aromatic rings. The Bertz CT molecular complexity index is 630. The molecule has 1 aromatic carbocycles. The normalized spacial score (nSPS) is 12.8. The summed E-state index contributed by atoms with van der Waals surface area (Å²) in [6, 6.07) is 7.38. The van der Waals surface area contributed by atoms with Crippen LogP contribution in [-0.2, 0) is 4.79 Å². The molecule has 0 aromatic heterocycles. The third kappa shape index (κ3) is 2.43. The number of hydrogen-bond acceptors (Lipinski definition) is 2. The van der Waals surface area contributed by atoms with Gasteiger partial charge in [-0.05, 0) is 18.1 Å². The number of amides is 1. The van der Waals surface area contributed by atoms with Crippen molar-refractivity contribution in [3.05, 3.63) is 41.1 Å². The predicted octanol–water partition coefficient (Wildman–Crippen LogP) is 2.53. The molecule has 0 atom stereocenters. The van der Waals surface area contributed by atoms with Gasteiger partial charge in [-0.25, -0.2) is 0 Å². The minimum atomic E-state index is -0.155. The quantitative estimate of drug-likeness (QED) is 0.841. The van der Waals surface area contributed by atoms with Gasteiger partial charge in [0.2, 0.25) is 11.7 Å². The van der Waals surface area contributed by atoms with E-state index < -0.39 is 0 Å². The summed E-state index contributed by atoms with van der Waals surface area (Å²) in [5.74, 6) is 5.51. The summed E-state index contributed by atoms with van der Waals surface area (Å²) in [6.07, 6.45) is 0.818. The van der Waals surface area contributed by atoms with E-state index in [1.54, 1.807) is 19.9 Å². The molecule has 1 aliphatic rings. The van der Waals surface area contributed by atoms with Gasteiger partial charge in [0.15, 0.2) is 0 Å². The Kier molecular flexibility index (Phi) is 3.82. The topological polar surface area (TPSA) is 46.2 Å². The van der Waals surface area contributed by atoms with Gasteiger partial charge in [-0.15, -0.1) is 5.92 Å². The van der Waals surface area contributed by atoms with Gasteiger partial charge < -0.3 is 5.32 Å². The van der Waals surface area contributed by atoms with Gasteiger partial charge in [0, 0.05) is 18.4 Å². The van der Waals surface area contributed by atoms with Crippen molar-refractivity contribution < 1.29 is 9.59 Å². The highest BCUT2D eigenvalue weighted by Crippen LogP contribution is 2.33. The van der Waals surface area contributed by atoms with Crippen LogP contribution in [0, 0.1) is 11.8 Å². The molecule has 0 aliphatic heterocycles. The van der Waals surface area contributed by atoms with Crippen LogP contribution in [0.3, 0.4) is 0 Å². The third-order valence-corrected chi connectivity index (χ3v) is 3.05. The lowest BCUT2D eigenvalue weighted by Gasteiger charge is -2.05. The molecule has 0 radical (unpaired) electrons. The fourth-order valence-corrected chi connectivity index (χ4v) is 2.07. The molecule has 2 rings (SSSR count). The molecule has 96 valence electrons. The number of carbonyl (C=O) groups excluding carboxylic acids is 2. The minimum absolute atomic E-state index is 0.120. The highest BCUT2D eigenvalue weighted by molar-refractivity contribution is 6.21. The van der Waals surface area contributed by atoms with E-state index in [0.717, 1.165) is 11.1 Å².